The van der Waals surface area contributed by atoms with Gasteiger partial charge in [-0.25, -0.2) is 14.8 Å². The van der Waals surface area contributed by atoms with Crippen LogP contribution in [0.25, 0.3) is 11.2 Å². The second-order valence-electron chi connectivity index (χ2n) is 5.02. The fraction of sp³-hybridized carbons (Fsp3) is 0.571. The largest absolute Gasteiger partial charge is 0.348 e. The number of hydrogen-bond donors (Lipinski definition) is 2. The maximum Gasteiger partial charge on any atom is 0.348 e. The minimum Gasteiger partial charge on any atom is -0.340 e. The number of H-pyrrole nitrogens is 2. The molecule has 21 heavy (non-hydrogen) atoms. The van der Waals surface area contributed by atoms with E-state index in [0.29, 0.717) is 17.0 Å². The molecule has 7 heteroatoms. The summed E-state index contributed by atoms with van der Waals surface area (Å²) in [4.78, 5) is 25.0. The number of aromatic amines is 2. The number of fused-ring (bicyclic) bond motifs is 1. The van der Waals surface area contributed by atoms with Crippen molar-refractivity contribution >= 4 is 23.2 Å². The number of hydrogen-bond acceptors (Lipinski definition) is 5. The molecule has 0 aliphatic rings. The van der Waals surface area contributed by atoms with Crippen LogP contribution < -0.4 is 10.7 Å². The smallest absolute Gasteiger partial charge is 0.340 e. The number of aromatic nitrogens is 4. The van der Waals surface area contributed by atoms with Crippen molar-refractivity contribution in [2.45, 2.75) is 45.4 Å². The molecule has 0 spiro atoms. The molecule has 0 saturated heterocycles. The summed E-state index contributed by atoms with van der Waals surface area (Å²) in [6, 6.07) is 0. The van der Waals surface area contributed by atoms with Crippen LogP contribution in [0.2, 0.25) is 0 Å². The zero-order valence-corrected chi connectivity index (χ0v) is 12.6. The van der Waals surface area contributed by atoms with Crippen molar-refractivity contribution in [3.05, 3.63) is 16.8 Å². The first-order valence-corrected chi connectivity index (χ1v) is 7.42. The first-order valence-electron chi connectivity index (χ1n) is 7.42. The molecule has 2 heterocycles. The molecule has 7 nitrogen and oxygen atoms in total. The van der Waals surface area contributed by atoms with Gasteiger partial charge < -0.3 is 4.98 Å². The lowest BCUT2D eigenvalue weighted by molar-refractivity contribution is 0.644. The molecule has 0 aliphatic heterocycles. The van der Waals surface area contributed by atoms with Crippen LogP contribution in [0.15, 0.2) is 16.2 Å². The van der Waals surface area contributed by atoms with Crippen molar-refractivity contribution in [2.75, 3.05) is 12.1 Å². The zero-order chi connectivity index (χ0) is 15.1. The molecule has 2 aromatic rings. The number of anilines is 1. The quantitative estimate of drug-likeness (QED) is 0.444. The summed E-state index contributed by atoms with van der Waals surface area (Å²) in [6.45, 7) is 2.21. The summed E-state index contributed by atoms with van der Waals surface area (Å²) < 4.78 is 0. The Morgan fingerprint density at radius 2 is 2.14 bits per heavy atom. The van der Waals surface area contributed by atoms with Crippen LogP contribution in [-0.2, 0) is 0 Å². The minimum atomic E-state index is -0.425. The Balaban J connectivity index is 1.94. The van der Waals surface area contributed by atoms with Gasteiger partial charge in [0.25, 0.3) is 0 Å². The first-order chi connectivity index (χ1) is 10.2. The molecule has 0 saturated carbocycles. The van der Waals surface area contributed by atoms with E-state index in [-0.39, 0.29) is 0 Å². The highest BCUT2D eigenvalue weighted by Crippen LogP contribution is 2.16. The van der Waals surface area contributed by atoms with Gasteiger partial charge in [-0.15, -0.1) is 0 Å². The Bertz CT molecular complexity index is 644. The molecule has 0 aliphatic carbocycles. The summed E-state index contributed by atoms with van der Waals surface area (Å²) >= 11 is 0. The highest BCUT2D eigenvalue weighted by Gasteiger charge is 2.10. The van der Waals surface area contributed by atoms with Crippen LogP contribution in [0.1, 0.15) is 45.4 Å². The van der Waals surface area contributed by atoms with Crippen LogP contribution in [0.5, 0.6) is 0 Å². The van der Waals surface area contributed by atoms with Gasteiger partial charge in [0.1, 0.15) is 5.52 Å². The fourth-order valence-electron chi connectivity index (χ4n) is 2.15. The summed E-state index contributed by atoms with van der Waals surface area (Å²) in [6.07, 6.45) is 10.5. The molecule has 0 atom stereocenters. The molecule has 2 aromatic heterocycles. The number of rotatable bonds is 8. The van der Waals surface area contributed by atoms with E-state index in [2.05, 4.69) is 32.0 Å². The SMILES string of the molecule is CCCCCCC/C=N\N(C)c1nc(=O)[nH]c2nc[nH]c12. The number of imidazole rings is 1. The summed E-state index contributed by atoms with van der Waals surface area (Å²) in [5.74, 6) is 0.480. The molecular formula is C14H22N6O. The normalized spacial score (nSPS) is 11.5. The van der Waals surface area contributed by atoms with Crippen LogP contribution >= 0.6 is 0 Å². The Kier molecular flexibility index (Phi) is 5.48. The summed E-state index contributed by atoms with van der Waals surface area (Å²) in [5.41, 5.74) is 0.745. The van der Waals surface area contributed by atoms with E-state index in [4.69, 9.17) is 0 Å². The molecule has 0 radical (unpaired) electrons. The van der Waals surface area contributed by atoms with E-state index >= 15 is 0 Å². The van der Waals surface area contributed by atoms with Gasteiger partial charge in [-0.1, -0.05) is 32.6 Å². The highest BCUT2D eigenvalue weighted by molar-refractivity contribution is 5.82. The first kappa shape index (κ1) is 15.2. The van der Waals surface area contributed by atoms with E-state index in [1.54, 1.807) is 12.1 Å². The Morgan fingerprint density at radius 1 is 1.33 bits per heavy atom. The van der Waals surface area contributed by atoms with Crippen molar-refractivity contribution in [1.29, 1.82) is 0 Å². The highest BCUT2D eigenvalue weighted by atomic mass is 16.1. The predicted molar refractivity (Wildman–Crippen MR) is 84.8 cm³/mol. The topological polar surface area (TPSA) is 90.0 Å². The Labute approximate surface area is 123 Å². The number of unbranched alkanes of at least 4 members (excludes halogenated alkanes) is 5. The van der Waals surface area contributed by atoms with Crippen molar-refractivity contribution < 1.29 is 0 Å². The lowest BCUT2D eigenvalue weighted by atomic mass is 10.1. The Hall–Kier alpha value is -2.18. The second-order valence-corrected chi connectivity index (χ2v) is 5.02. The van der Waals surface area contributed by atoms with Gasteiger partial charge in [0, 0.05) is 13.3 Å². The van der Waals surface area contributed by atoms with E-state index in [1.807, 2.05) is 6.21 Å². The molecule has 0 bridgehead atoms. The van der Waals surface area contributed by atoms with Crippen molar-refractivity contribution in [3.8, 4) is 0 Å². The number of nitrogens with one attached hydrogen (secondary N) is 2. The molecule has 2 N–H and O–H groups in total. The maximum absolute atomic E-state index is 11.5. The monoisotopic (exact) mass is 290 g/mol. The van der Waals surface area contributed by atoms with Gasteiger partial charge in [0.15, 0.2) is 11.5 Å². The molecule has 2 rings (SSSR count). The average Bonchev–Trinajstić information content (AvgIpc) is 2.93. The second kappa shape index (κ2) is 7.56. The van der Waals surface area contributed by atoms with Crippen molar-refractivity contribution in [2.24, 2.45) is 5.10 Å². The fourth-order valence-corrected chi connectivity index (χ4v) is 2.15. The molecular weight excluding hydrogens is 268 g/mol. The van der Waals surface area contributed by atoms with E-state index in [0.717, 1.165) is 12.8 Å². The van der Waals surface area contributed by atoms with Gasteiger partial charge >= 0.3 is 5.69 Å². The third kappa shape index (κ3) is 4.14. The molecule has 0 aromatic carbocycles. The Morgan fingerprint density at radius 3 is 2.95 bits per heavy atom. The number of hydrazone groups is 1. The van der Waals surface area contributed by atoms with Crippen molar-refractivity contribution in [3.63, 3.8) is 0 Å². The van der Waals surface area contributed by atoms with E-state index < -0.39 is 5.69 Å². The van der Waals surface area contributed by atoms with Crippen LogP contribution in [0.4, 0.5) is 5.82 Å². The zero-order valence-electron chi connectivity index (χ0n) is 12.6. The van der Waals surface area contributed by atoms with Gasteiger partial charge in [-0.2, -0.15) is 10.1 Å². The molecule has 0 unspecified atom stereocenters. The average molecular weight is 290 g/mol. The molecule has 0 fully saturated rings. The number of nitrogens with zero attached hydrogens (tertiary/aromatic N) is 4. The maximum atomic E-state index is 11.5. The third-order valence-corrected chi connectivity index (χ3v) is 3.29. The summed E-state index contributed by atoms with van der Waals surface area (Å²) in [5, 5.41) is 5.93. The van der Waals surface area contributed by atoms with E-state index in [1.165, 1.54) is 32.0 Å². The van der Waals surface area contributed by atoms with Crippen LogP contribution in [0.3, 0.4) is 0 Å². The standard InChI is InChI=1S/C14H22N6O/c1-3-4-5-6-7-8-9-17-20(2)13-11-12(16-10-15-11)18-14(21)19-13/h9-10H,3-8H2,1-2H3,(H2,15,16,18,19,21)/b17-9-. The van der Waals surface area contributed by atoms with Gasteiger partial charge in [-0.3, -0.25) is 4.98 Å². The minimum absolute atomic E-state index is 0.425. The third-order valence-electron chi connectivity index (χ3n) is 3.29. The molecule has 0 amide bonds. The van der Waals surface area contributed by atoms with Crippen LogP contribution in [0, 0.1) is 0 Å². The van der Waals surface area contributed by atoms with Gasteiger partial charge in [0.05, 0.1) is 6.33 Å². The van der Waals surface area contributed by atoms with Crippen molar-refractivity contribution in [1.82, 2.24) is 19.9 Å². The predicted octanol–water partition coefficient (Wildman–Crippen LogP) is 2.43. The lowest BCUT2D eigenvalue weighted by Gasteiger charge is -2.11. The van der Waals surface area contributed by atoms with E-state index in [9.17, 15) is 4.79 Å². The van der Waals surface area contributed by atoms with Gasteiger partial charge in [0.2, 0.25) is 0 Å². The molecule has 114 valence electrons. The van der Waals surface area contributed by atoms with Gasteiger partial charge in [-0.05, 0) is 12.8 Å². The van der Waals surface area contributed by atoms with Crippen LogP contribution in [-0.4, -0.2) is 33.2 Å². The lowest BCUT2D eigenvalue weighted by Crippen LogP contribution is -2.18. The summed E-state index contributed by atoms with van der Waals surface area (Å²) in [7, 11) is 1.77.